The van der Waals surface area contributed by atoms with Crippen molar-refractivity contribution < 1.29 is 18.7 Å². The van der Waals surface area contributed by atoms with Gasteiger partial charge in [0.25, 0.3) is 0 Å². The molecule has 0 bridgehead atoms. The maximum absolute atomic E-state index is 13.5. The van der Waals surface area contributed by atoms with E-state index in [1.54, 1.807) is 18.2 Å². The van der Waals surface area contributed by atoms with Gasteiger partial charge in [0.2, 0.25) is 11.7 Å². The summed E-state index contributed by atoms with van der Waals surface area (Å²) in [5, 5.41) is 3.01. The summed E-state index contributed by atoms with van der Waals surface area (Å²) in [5.41, 5.74) is 1.65. The van der Waals surface area contributed by atoms with Crippen LogP contribution in [0.25, 0.3) is 11.0 Å². The number of thioether (sulfide) groups is 1. The Hall–Kier alpha value is -3.03. The van der Waals surface area contributed by atoms with Gasteiger partial charge < -0.3 is 14.5 Å². The van der Waals surface area contributed by atoms with Gasteiger partial charge in [-0.25, -0.2) is 4.79 Å². The molecule has 5 nitrogen and oxygen atoms in total. The van der Waals surface area contributed by atoms with E-state index in [0.717, 1.165) is 14.9 Å². The first kappa shape index (κ1) is 21.2. The zero-order chi connectivity index (χ0) is 21.8. The van der Waals surface area contributed by atoms with E-state index in [1.807, 2.05) is 60.7 Å². The third-order valence-electron chi connectivity index (χ3n) is 4.62. The van der Waals surface area contributed by atoms with E-state index in [4.69, 9.17) is 9.15 Å². The standard InChI is InChI=1S/C24H18BrNO4S/c1-29-24(28)21-20(18-9-5-6-10-19(18)30-21)26-23(27)22(15-7-3-2-4-8-15)31-17-13-11-16(25)12-14-17/h2-14,22H,1H3,(H,26,27). The highest BCUT2D eigenvalue weighted by Crippen LogP contribution is 2.38. The van der Waals surface area contributed by atoms with E-state index in [1.165, 1.54) is 18.9 Å². The second kappa shape index (κ2) is 9.41. The van der Waals surface area contributed by atoms with Crippen molar-refractivity contribution >= 4 is 56.2 Å². The summed E-state index contributed by atoms with van der Waals surface area (Å²) in [7, 11) is 1.28. The first-order valence-electron chi connectivity index (χ1n) is 9.44. The number of carbonyl (C=O) groups is 2. The normalized spacial score (nSPS) is 11.8. The zero-order valence-corrected chi connectivity index (χ0v) is 18.9. The van der Waals surface area contributed by atoms with Crippen LogP contribution in [0.3, 0.4) is 0 Å². The Labute approximate surface area is 191 Å². The number of hydrogen-bond donors (Lipinski definition) is 1. The van der Waals surface area contributed by atoms with E-state index >= 15 is 0 Å². The van der Waals surface area contributed by atoms with Crippen molar-refractivity contribution in [2.24, 2.45) is 0 Å². The number of esters is 1. The number of nitrogens with one attached hydrogen (secondary N) is 1. The SMILES string of the molecule is COC(=O)c1oc2ccccc2c1NC(=O)C(Sc1ccc(Br)cc1)c1ccccc1. The Balaban J connectivity index is 1.71. The van der Waals surface area contributed by atoms with Crippen LogP contribution in [0, 0.1) is 0 Å². The van der Waals surface area contributed by atoms with Crippen molar-refractivity contribution in [2.75, 3.05) is 12.4 Å². The fraction of sp³-hybridized carbons (Fsp3) is 0.0833. The van der Waals surface area contributed by atoms with Crippen LogP contribution < -0.4 is 5.32 Å². The molecule has 7 heteroatoms. The van der Waals surface area contributed by atoms with Crippen molar-refractivity contribution in [3.05, 3.63) is 94.7 Å². The first-order chi connectivity index (χ1) is 15.1. The van der Waals surface area contributed by atoms with Crippen molar-refractivity contribution in [3.63, 3.8) is 0 Å². The molecule has 0 saturated heterocycles. The van der Waals surface area contributed by atoms with E-state index in [0.29, 0.717) is 16.7 Å². The van der Waals surface area contributed by atoms with Crippen LogP contribution in [0.15, 0.2) is 92.6 Å². The number of furan rings is 1. The lowest BCUT2D eigenvalue weighted by atomic mass is 10.1. The van der Waals surface area contributed by atoms with Crippen LogP contribution in [-0.2, 0) is 9.53 Å². The molecule has 0 radical (unpaired) electrons. The molecule has 1 amide bonds. The number of benzene rings is 3. The fourth-order valence-electron chi connectivity index (χ4n) is 3.14. The molecular weight excluding hydrogens is 478 g/mol. The first-order valence-corrected chi connectivity index (χ1v) is 11.1. The molecule has 4 aromatic rings. The molecule has 0 spiro atoms. The third kappa shape index (κ3) is 4.68. The Morgan fingerprint density at radius 2 is 1.65 bits per heavy atom. The number of fused-ring (bicyclic) bond motifs is 1. The van der Waals surface area contributed by atoms with E-state index in [-0.39, 0.29) is 11.7 Å². The predicted octanol–water partition coefficient (Wildman–Crippen LogP) is 6.45. The number of rotatable bonds is 6. The van der Waals surface area contributed by atoms with Crippen LogP contribution >= 0.6 is 27.7 Å². The highest BCUT2D eigenvalue weighted by molar-refractivity contribution is 9.10. The average Bonchev–Trinajstić information content (AvgIpc) is 3.17. The molecule has 1 atom stereocenters. The topological polar surface area (TPSA) is 68.5 Å². The van der Waals surface area contributed by atoms with Crippen molar-refractivity contribution in [1.82, 2.24) is 0 Å². The van der Waals surface area contributed by atoms with Crippen LogP contribution in [0.5, 0.6) is 0 Å². The Bertz CT molecular complexity index is 1220. The van der Waals surface area contributed by atoms with E-state index < -0.39 is 11.2 Å². The molecule has 0 fully saturated rings. The lowest BCUT2D eigenvalue weighted by molar-refractivity contribution is -0.115. The minimum Gasteiger partial charge on any atom is -0.463 e. The molecule has 1 N–H and O–H groups in total. The molecule has 0 aliphatic rings. The van der Waals surface area contributed by atoms with Gasteiger partial charge in [-0.3, -0.25) is 4.79 Å². The fourth-order valence-corrected chi connectivity index (χ4v) is 4.43. The summed E-state index contributed by atoms with van der Waals surface area (Å²) in [4.78, 5) is 26.7. The second-order valence-corrected chi connectivity index (χ2v) is 8.74. The van der Waals surface area contributed by atoms with Crippen LogP contribution in [0.2, 0.25) is 0 Å². The smallest absolute Gasteiger partial charge is 0.376 e. The Kier molecular flexibility index (Phi) is 6.44. The van der Waals surface area contributed by atoms with E-state index in [9.17, 15) is 9.59 Å². The summed E-state index contributed by atoms with van der Waals surface area (Å²) < 4.78 is 11.5. The number of carbonyl (C=O) groups excluding carboxylic acids is 2. The lowest BCUT2D eigenvalue weighted by Gasteiger charge is -2.17. The van der Waals surface area contributed by atoms with Gasteiger partial charge in [-0.15, -0.1) is 11.8 Å². The molecule has 31 heavy (non-hydrogen) atoms. The Morgan fingerprint density at radius 1 is 0.968 bits per heavy atom. The second-order valence-electron chi connectivity index (χ2n) is 6.65. The number of hydrogen-bond acceptors (Lipinski definition) is 5. The average molecular weight is 496 g/mol. The molecule has 0 aliphatic carbocycles. The molecule has 4 rings (SSSR count). The monoisotopic (exact) mass is 495 g/mol. The van der Waals surface area contributed by atoms with Gasteiger partial charge in [0.05, 0.1) is 7.11 Å². The van der Waals surface area contributed by atoms with Crippen molar-refractivity contribution in [3.8, 4) is 0 Å². The van der Waals surface area contributed by atoms with Gasteiger partial charge in [0.15, 0.2) is 0 Å². The predicted molar refractivity (Wildman–Crippen MR) is 125 cm³/mol. The molecule has 3 aromatic carbocycles. The number of amides is 1. The van der Waals surface area contributed by atoms with Gasteiger partial charge in [-0.1, -0.05) is 58.4 Å². The highest BCUT2D eigenvalue weighted by Gasteiger charge is 2.27. The van der Waals surface area contributed by atoms with Crippen molar-refractivity contribution in [1.29, 1.82) is 0 Å². The van der Waals surface area contributed by atoms with Crippen molar-refractivity contribution in [2.45, 2.75) is 10.1 Å². The van der Waals surface area contributed by atoms with Gasteiger partial charge in [0, 0.05) is 14.8 Å². The molecule has 1 aromatic heterocycles. The molecule has 0 saturated carbocycles. The largest absolute Gasteiger partial charge is 0.463 e. The summed E-state index contributed by atoms with van der Waals surface area (Å²) in [6, 6.07) is 24.4. The van der Waals surface area contributed by atoms with Crippen LogP contribution in [0.1, 0.15) is 21.4 Å². The number of anilines is 1. The minimum absolute atomic E-state index is 0.0301. The molecule has 1 heterocycles. The highest BCUT2D eigenvalue weighted by atomic mass is 79.9. The number of methoxy groups -OCH3 is 1. The quantitative estimate of drug-likeness (QED) is 0.245. The molecule has 1 unspecified atom stereocenters. The maximum atomic E-state index is 13.5. The molecule has 156 valence electrons. The molecule has 0 aliphatic heterocycles. The summed E-state index contributed by atoms with van der Waals surface area (Å²) >= 11 is 4.86. The van der Waals surface area contributed by atoms with Gasteiger partial charge in [-0.05, 0) is 42.0 Å². The maximum Gasteiger partial charge on any atom is 0.376 e. The Morgan fingerprint density at radius 3 is 2.35 bits per heavy atom. The molecular formula is C24H18BrNO4S. The minimum atomic E-state index is -0.650. The zero-order valence-electron chi connectivity index (χ0n) is 16.5. The van der Waals surface area contributed by atoms with Gasteiger partial charge in [0.1, 0.15) is 16.5 Å². The van der Waals surface area contributed by atoms with Crippen LogP contribution in [-0.4, -0.2) is 19.0 Å². The van der Waals surface area contributed by atoms with Gasteiger partial charge in [-0.2, -0.15) is 0 Å². The lowest BCUT2D eigenvalue weighted by Crippen LogP contribution is -2.20. The summed E-state index contributed by atoms with van der Waals surface area (Å²) in [6.45, 7) is 0. The number of halogens is 1. The number of ether oxygens (including phenoxy) is 1. The van der Waals surface area contributed by atoms with Crippen LogP contribution in [0.4, 0.5) is 5.69 Å². The van der Waals surface area contributed by atoms with Gasteiger partial charge >= 0.3 is 5.97 Å². The third-order valence-corrected chi connectivity index (χ3v) is 6.42. The van der Waals surface area contributed by atoms with E-state index in [2.05, 4.69) is 21.2 Å². The summed E-state index contributed by atoms with van der Waals surface area (Å²) in [5.74, 6) is -0.948. The summed E-state index contributed by atoms with van der Waals surface area (Å²) in [6.07, 6.45) is 0. The number of para-hydroxylation sites is 1.